The molecule has 0 saturated carbocycles. The van der Waals surface area contributed by atoms with Crippen LogP contribution in [0.4, 0.5) is 5.69 Å². The van der Waals surface area contributed by atoms with Crippen LogP contribution in [-0.2, 0) is 11.3 Å². The first-order valence-corrected chi connectivity index (χ1v) is 7.16. The lowest BCUT2D eigenvalue weighted by atomic mass is 10.2. The zero-order valence-electron chi connectivity index (χ0n) is 12.7. The summed E-state index contributed by atoms with van der Waals surface area (Å²) in [5.41, 5.74) is 2.88. The Morgan fingerprint density at radius 2 is 1.95 bits per heavy atom. The fourth-order valence-electron chi connectivity index (χ4n) is 2.60. The van der Waals surface area contributed by atoms with Crippen LogP contribution in [-0.4, -0.2) is 17.6 Å². The Morgan fingerprint density at radius 1 is 1.14 bits per heavy atom. The molecule has 2 aromatic carbocycles. The van der Waals surface area contributed by atoms with E-state index in [9.17, 15) is 4.79 Å². The molecule has 0 saturated heterocycles. The number of hydrogen-bond donors (Lipinski definition) is 1. The normalized spacial score (nSPS) is 10.6. The van der Waals surface area contributed by atoms with Gasteiger partial charge in [0.2, 0.25) is 5.91 Å². The highest BCUT2D eigenvalue weighted by Crippen LogP contribution is 2.20. The predicted molar refractivity (Wildman–Crippen MR) is 88.3 cm³/mol. The van der Waals surface area contributed by atoms with Gasteiger partial charge >= 0.3 is 0 Å². The van der Waals surface area contributed by atoms with Crippen LogP contribution in [0.25, 0.3) is 10.9 Å². The van der Waals surface area contributed by atoms with E-state index in [1.54, 1.807) is 13.2 Å². The number of anilines is 1. The first-order valence-electron chi connectivity index (χ1n) is 7.16. The highest BCUT2D eigenvalue weighted by atomic mass is 16.5. The maximum absolute atomic E-state index is 12.3. The average molecular weight is 294 g/mol. The van der Waals surface area contributed by atoms with Gasteiger partial charge in [-0.05, 0) is 36.6 Å². The zero-order chi connectivity index (χ0) is 15.5. The molecule has 0 aliphatic carbocycles. The highest BCUT2D eigenvalue weighted by molar-refractivity contribution is 5.92. The minimum Gasteiger partial charge on any atom is -0.497 e. The van der Waals surface area contributed by atoms with Gasteiger partial charge in [0.15, 0.2) is 0 Å². The van der Waals surface area contributed by atoms with E-state index in [0.29, 0.717) is 0 Å². The number of fused-ring (bicyclic) bond motifs is 1. The summed E-state index contributed by atoms with van der Waals surface area (Å²) in [5.74, 6) is 0.665. The van der Waals surface area contributed by atoms with E-state index < -0.39 is 0 Å². The van der Waals surface area contributed by atoms with E-state index in [4.69, 9.17) is 4.74 Å². The van der Waals surface area contributed by atoms with Crippen LogP contribution < -0.4 is 10.1 Å². The number of ether oxygens (including phenoxy) is 1. The molecule has 4 heteroatoms. The number of nitrogens with one attached hydrogen (secondary N) is 1. The topological polar surface area (TPSA) is 43.3 Å². The lowest BCUT2D eigenvalue weighted by Crippen LogP contribution is -2.19. The lowest BCUT2D eigenvalue weighted by molar-refractivity contribution is -0.116. The molecule has 112 valence electrons. The predicted octanol–water partition coefficient (Wildman–Crippen LogP) is 3.60. The van der Waals surface area contributed by atoms with Crippen molar-refractivity contribution in [1.29, 1.82) is 0 Å². The molecule has 0 aliphatic heterocycles. The van der Waals surface area contributed by atoms with E-state index in [1.165, 1.54) is 0 Å². The molecule has 1 N–H and O–H groups in total. The molecule has 0 unspecified atom stereocenters. The van der Waals surface area contributed by atoms with Crippen LogP contribution in [0.5, 0.6) is 5.75 Å². The summed E-state index contributed by atoms with van der Waals surface area (Å²) in [6, 6.07) is 17.5. The third-order valence-corrected chi connectivity index (χ3v) is 3.67. The van der Waals surface area contributed by atoms with E-state index in [-0.39, 0.29) is 12.5 Å². The molecule has 1 amide bonds. The monoisotopic (exact) mass is 294 g/mol. The standard InChI is InChI=1S/C18H18N2O2/c1-13-10-14-6-3-4-9-17(14)20(13)12-18(21)19-15-7-5-8-16(11-15)22-2/h3-11H,12H2,1-2H3,(H,19,21). The number of aryl methyl sites for hydroxylation is 1. The van der Waals surface area contributed by atoms with Gasteiger partial charge < -0.3 is 14.6 Å². The number of benzene rings is 2. The molecule has 0 bridgehead atoms. The zero-order valence-corrected chi connectivity index (χ0v) is 12.7. The van der Waals surface area contributed by atoms with E-state index in [1.807, 2.05) is 47.9 Å². The minimum absolute atomic E-state index is 0.0577. The van der Waals surface area contributed by atoms with Crippen molar-refractivity contribution in [1.82, 2.24) is 4.57 Å². The number of carbonyl (C=O) groups is 1. The van der Waals surface area contributed by atoms with Gasteiger partial charge in [-0.15, -0.1) is 0 Å². The van der Waals surface area contributed by atoms with Crippen molar-refractivity contribution in [2.45, 2.75) is 13.5 Å². The Kier molecular flexibility index (Phi) is 3.83. The van der Waals surface area contributed by atoms with Crippen LogP contribution in [0.1, 0.15) is 5.69 Å². The quantitative estimate of drug-likeness (QED) is 0.799. The van der Waals surface area contributed by atoms with Crippen LogP contribution in [0.2, 0.25) is 0 Å². The van der Waals surface area contributed by atoms with Crippen molar-refractivity contribution in [2.75, 3.05) is 12.4 Å². The first-order chi connectivity index (χ1) is 10.7. The van der Waals surface area contributed by atoms with E-state index >= 15 is 0 Å². The first kappa shape index (κ1) is 14.2. The number of para-hydroxylation sites is 1. The molecule has 22 heavy (non-hydrogen) atoms. The highest BCUT2D eigenvalue weighted by Gasteiger charge is 2.09. The second kappa shape index (κ2) is 5.93. The fourth-order valence-corrected chi connectivity index (χ4v) is 2.60. The summed E-state index contributed by atoms with van der Waals surface area (Å²) in [6.45, 7) is 2.30. The number of nitrogens with zero attached hydrogens (tertiary/aromatic N) is 1. The van der Waals surface area contributed by atoms with Crippen LogP contribution >= 0.6 is 0 Å². The summed E-state index contributed by atoms with van der Waals surface area (Å²) in [5, 5.41) is 4.05. The molecule has 0 fully saturated rings. The number of amides is 1. The van der Waals surface area contributed by atoms with Gasteiger partial charge in [-0.3, -0.25) is 4.79 Å². The maximum atomic E-state index is 12.3. The molecular weight excluding hydrogens is 276 g/mol. The SMILES string of the molecule is COc1cccc(NC(=O)Cn2c(C)cc3ccccc32)c1. The van der Waals surface area contributed by atoms with Gasteiger partial charge in [0.25, 0.3) is 0 Å². The van der Waals surface area contributed by atoms with Crippen molar-refractivity contribution in [3.8, 4) is 5.75 Å². The van der Waals surface area contributed by atoms with Crippen LogP contribution in [0.15, 0.2) is 54.6 Å². The number of hydrogen-bond acceptors (Lipinski definition) is 2. The summed E-state index contributed by atoms with van der Waals surface area (Å²) in [7, 11) is 1.61. The molecule has 0 atom stereocenters. The van der Waals surface area contributed by atoms with Gasteiger partial charge in [-0.1, -0.05) is 24.3 Å². The van der Waals surface area contributed by atoms with Crippen LogP contribution in [0, 0.1) is 6.92 Å². The van der Waals surface area contributed by atoms with Crippen molar-refractivity contribution in [2.24, 2.45) is 0 Å². The number of aromatic nitrogens is 1. The summed E-state index contributed by atoms with van der Waals surface area (Å²) in [6.07, 6.45) is 0. The number of carbonyl (C=O) groups excluding carboxylic acids is 1. The Hall–Kier alpha value is -2.75. The second-order valence-corrected chi connectivity index (χ2v) is 5.21. The molecule has 0 radical (unpaired) electrons. The fraction of sp³-hybridized carbons (Fsp3) is 0.167. The van der Waals surface area contributed by atoms with Crippen molar-refractivity contribution < 1.29 is 9.53 Å². The summed E-state index contributed by atoms with van der Waals surface area (Å²) >= 11 is 0. The molecular formula is C18H18N2O2. The summed E-state index contributed by atoms with van der Waals surface area (Å²) in [4.78, 5) is 12.3. The molecule has 0 aliphatic rings. The van der Waals surface area contributed by atoms with Crippen molar-refractivity contribution >= 4 is 22.5 Å². The Bertz CT molecular complexity index is 821. The van der Waals surface area contributed by atoms with Crippen molar-refractivity contribution in [3.63, 3.8) is 0 Å². The third kappa shape index (κ3) is 2.81. The molecule has 4 nitrogen and oxygen atoms in total. The Morgan fingerprint density at radius 3 is 2.77 bits per heavy atom. The molecule has 3 aromatic rings. The smallest absolute Gasteiger partial charge is 0.244 e. The molecule has 1 aromatic heterocycles. The van der Waals surface area contributed by atoms with E-state index in [0.717, 1.165) is 28.0 Å². The maximum Gasteiger partial charge on any atom is 0.244 e. The molecule has 0 spiro atoms. The van der Waals surface area contributed by atoms with Crippen molar-refractivity contribution in [3.05, 3.63) is 60.3 Å². The molecule has 1 heterocycles. The van der Waals surface area contributed by atoms with Gasteiger partial charge in [0.1, 0.15) is 12.3 Å². The third-order valence-electron chi connectivity index (χ3n) is 3.67. The minimum atomic E-state index is -0.0577. The Balaban J connectivity index is 1.79. The second-order valence-electron chi connectivity index (χ2n) is 5.21. The van der Waals surface area contributed by atoms with Gasteiger partial charge in [-0.2, -0.15) is 0 Å². The molecule has 3 rings (SSSR count). The average Bonchev–Trinajstić information content (AvgIpc) is 2.83. The Labute approximate surface area is 129 Å². The largest absolute Gasteiger partial charge is 0.497 e. The van der Waals surface area contributed by atoms with Crippen LogP contribution in [0.3, 0.4) is 0 Å². The van der Waals surface area contributed by atoms with Gasteiger partial charge in [0.05, 0.1) is 7.11 Å². The van der Waals surface area contributed by atoms with Gasteiger partial charge in [0, 0.05) is 23.0 Å². The van der Waals surface area contributed by atoms with E-state index in [2.05, 4.69) is 17.4 Å². The lowest BCUT2D eigenvalue weighted by Gasteiger charge is -2.10. The number of rotatable bonds is 4. The summed E-state index contributed by atoms with van der Waals surface area (Å²) < 4.78 is 7.18. The number of methoxy groups -OCH3 is 1. The van der Waals surface area contributed by atoms with Gasteiger partial charge in [-0.25, -0.2) is 0 Å².